The number of nitrogens with zero attached hydrogens (tertiary/aromatic N) is 3. The van der Waals surface area contributed by atoms with Crippen molar-refractivity contribution in [2.75, 3.05) is 13.2 Å². The highest BCUT2D eigenvalue weighted by Gasteiger charge is 2.18. The van der Waals surface area contributed by atoms with Gasteiger partial charge in [-0.3, -0.25) is 4.98 Å². The maximum absolute atomic E-state index is 6.15. The van der Waals surface area contributed by atoms with Crippen molar-refractivity contribution in [3.63, 3.8) is 0 Å². The first kappa shape index (κ1) is 35.2. The second-order valence-electron chi connectivity index (χ2n) is 12.8. The minimum Gasteiger partial charge on any atom is -0.493 e. The molecule has 2 unspecified atom stereocenters. The molecular weight excluding hydrogens is 663 g/mol. The Morgan fingerprint density at radius 1 is 0.571 bits per heavy atom. The highest BCUT2D eigenvalue weighted by molar-refractivity contribution is 7.19. The Hall–Kier alpha value is -3.59. The van der Waals surface area contributed by atoms with Crippen LogP contribution in [0.1, 0.15) is 79.1 Å². The largest absolute Gasteiger partial charge is 0.493 e. The molecule has 6 aromatic rings. The lowest BCUT2D eigenvalue weighted by Crippen LogP contribution is -2.11. The maximum atomic E-state index is 6.15. The van der Waals surface area contributed by atoms with Crippen LogP contribution in [0.2, 0.25) is 0 Å². The Kier molecular flexibility index (Phi) is 12.5. The molecule has 2 atom stereocenters. The van der Waals surface area contributed by atoms with Crippen molar-refractivity contribution in [3.05, 3.63) is 79.0 Å². The zero-order valence-electron chi connectivity index (χ0n) is 29.1. The number of ether oxygens (including phenoxy) is 2. The normalized spacial score (nSPS) is 12.7. The molecule has 2 aromatic carbocycles. The standard InChI is InChI=1S/C41H47N3O2S3/c1-5-9-11-28(7-3)26-45-32-17-13-30(14-18-32)35-21-23-37(47-35)34-25-42-40(41-39(34)43-49-44-41)38-24-22-36(48-38)31-15-19-33(20-16-31)46-27-29(8-4)12-10-6-2/h13-25,28-29H,5-12,26-27H2,1-4H3. The molecule has 49 heavy (non-hydrogen) atoms. The van der Waals surface area contributed by atoms with Crippen molar-refractivity contribution in [2.24, 2.45) is 11.8 Å². The molecule has 0 spiro atoms. The summed E-state index contributed by atoms with van der Waals surface area (Å²) in [6.45, 7) is 10.6. The van der Waals surface area contributed by atoms with Gasteiger partial charge in [-0.15, -0.1) is 22.7 Å². The molecular formula is C41H47N3O2S3. The van der Waals surface area contributed by atoms with Crippen LogP contribution in [0.4, 0.5) is 0 Å². The zero-order valence-corrected chi connectivity index (χ0v) is 31.6. The van der Waals surface area contributed by atoms with Crippen molar-refractivity contribution < 1.29 is 9.47 Å². The highest BCUT2D eigenvalue weighted by Crippen LogP contribution is 2.41. The predicted octanol–water partition coefficient (Wildman–Crippen LogP) is 13.1. The molecule has 4 heterocycles. The predicted molar refractivity (Wildman–Crippen MR) is 210 cm³/mol. The number of pyridine rings is 1. The summed E-state index contributed by atoms with van der Waals surface area (Å²) >= 11 is 4.74. The van der Waals surface area contributed by atoms with Crippen LogP contribution in [0, 0.1) is 11.8 Å². The Morgan fingerprint density at radius 3 is 1.59 bits per heavy atom. The second kappa shape index (κ2) is 17.4. The maximum Gasteiger partial charge on any atom is 0.132 e. The summed E-state index contributed by atoms with van der Waals surface area (Å²) in [6.07, 6.45) is 11.7. The summed E-state index contributed by atoms with van der Waals surface area (Å²) in [5, 5.41) is 0. The number of aromatic nitrogens is 3. The van der Waals surface area contributed by atoms with E-state index >= 15 is 0 Å². The van der Waals surface area contributed by atoms with Crippen LogP contribution in [-0.2, 0) is 0 Å². The Labute approximate surface area is 303 Å². The van der Waals surface area contributed by atoms with E-state index in [2.05, 4.69) is 100 Å². The van der Waals surface area contributed by atoms with Crippen LogP contribution in [0.5, 0.6) is 11.5 Å². The summed E-state index contributed by atoms with van der Waals surface area (Å²) < 4.78 is 21.7. The average Bonchev–Trinajstić information content (AvgIpc) is 3.94. The van der Waals surface area contributed by atoms with E-state index in [4.69, 9.17) is 23.2 Å². The Bertz CT molecular complexity index is 1760. The fraction of sp³-hybridized carbons (Fsp3) is 0.390. The zero-order chi connectivity index (χ0) is 34.0. The number of unbranched alkanes of at least 4 members (excludes halogenated alkanes) is 2. The van der Waals surface area contributed by atoms with Gasteiger partial charge in [-0.1, -0.05) is 66.2 Å². The van der Waals surface area contributed by atoms with E-state index in [1.54, 1.807) is 22.7 Å². The van der Waals surface area contributed by atoms with Gasteiger partial charge >= 0.3 is 0 Å². The molecule has 0 aliphatic carbocycles. The average molecular weight is 710 g/mol. The SMILES string of the molecule is CCCCC(CC)COc1ccc(-c2ccc(-c3cnc(-c4ccc(-c5ccc(OCC(CC)CCCC)cc5)s4)c4nsnc34)s2)cc1. The molecule has 8 heteroatoms. The topological polar surface area (TPSA) is 57.1 Å². The van der Waals surface area contributed by atoms with E-state index in [0.29, 0.717) is 11.8 Å². The van der Waals surface area contributed by atoms with Gasteiger partial charge in [0.15, 0.2) is 0 Å². The monoisotopic (exact) mass is 709 g/mol. The number of thiophene rings is 2. The summed E-state index contributed by atoms with van der Waals surface area (Å²) in [6, 6.07) is 25.7. The van der Waals surface area contributed by atoms with E-state index in [1.165, 1.54) is 71.1 Å². The van der Waals surface area contributed by atoms with Crippen LogP contribution in [0.15, 0.2) is 79.0 Å². The van der Waals surface area contributed by atoms with Gasteiger partial charge in [0, 0.05) is 26.4 Å². The van der Waals surface area contributed by atoms with Gasteiger partial charge in [-0.25, -0.2) is 0 Å². The summed E-state index contributed by atoms with van der Waals surface area (Å²) in [5.74, 6) is 3.11. The van der Waals surface area contributed by atoms with Gasteiger partial charge in [0.1, 0.15) is 28.2 Å². The third kappa shape index (κ3) is 8.77. The molecule has 0 aliphatic rings. The van der Waals surface area contributed by atoms with Gasteiger partial charge in [-0.05, 0) is 109 Å². The van der Waals surface area contributed by atoms with Crippen LogP contribution < -0.4 is 9.47 Å². The number of hydrogen-bond acceptors (Lipinski definition) is 8. The highest BCUT2D eigenvalue weighted by atomic mass is 32.1. The van der Waals surface area contributed by atoms with Crippen LogP contribution in [0.25, 0.3) is 52.9 Å². The van der Waals surface area contributed by atoms with Crippen molar-refractivity contribution in [3.8, 4) is 53.4 Å². The smallest absolute Gasteiger partial charge is 0.132 e. The summed E-state index contributed by atoms with van der Waals surface area (Å²) in [4.78, 5) is 9.58. The lowest BCUT2D eigenvalue weighted by Gasteiger charge is -2.15. The van der Waals surface area contributed by atoms with Crippen molar-refractivity contribution in [2.45, 2.75) is 79.1 Å². The minimum absolute atomic E-state index is 0.619. The van der Waals surface area contributed by atoms with Crippen molar-refractivity contribution in [1.29, 1.82) is 0 Å². The van der Waals surface area contributed by atoms with Gasteiger partial charge in [-0.2, -0.15) is 8.75 Å². The van der Waals surface area contributed by atoms with E-state index in [9.17, 15) is 0 Å². The Morgan fingerprint density at radius 2 is 1.06 bits per heavy atom. The first-order valence-corrected chi connectivity index (χ1v) is 20.2. The molecule has 5 nitrogen and oxygen atoms in total. The molecule has 0 fully saturated rings. The molecule has 256 valence electrons. The van der Waals surface area contributed by atoms with Crippen molar-refractivity contribution in [1.82, 2.24) is 13.7 Å². The number of benzene rings is 2. The number of rotatable bonds is 18. The molecule has 0 aliphatic heterocycles. The van der Waals surface area contributed by atoms with E-state index in [1.807, 2.05) is 6.20 Å². The number of hydrogen-bond donors (Lipinski definition) is 0. The minimum atomic E-state index is 0.619. The fourth-order valence-corrected chi connectivity index (χ4v) is 8.64. The summed E-state index contributed by atoms with van der Waals surface area (Å²) in [7, 11) is 0. The second-order valence-corrected chi connectivity index (χ2v) is 15.5. The third-order valence-electron chi connectivity index (χ3n) is 9.34. The summed E-state index contributed by atoms with van der Waals surface area (Å²) in [5.41, 5.74) is 6.02. The van der Waals surface area contributed by atoms with Gasteiger partial charge in [0.25, 0.3) is 0 Å². The first-order valence-electron chi connectivity index (χ1n) is 17.9. The van der Waals surface area contributed by atoms with E-state index in [0.717, 1.165) is 69.6 Å². The first-order chi connectivity index (χ1) is 24.1. The Balaban J connectivity index is 1.13. The molecule has 0 bridgehead atoms. The number of fused-ring (bicyclic) bond motifs is 1. The fourth-order valence-electron chi connectivity index (χ4n) is 6.05. The van der Waals surface area contributed by atoms with Crippen LogP contribution in [-0.4, -0.2) is 26.9 Å². The molecule has 0 amide bonds. The lowest BCUT2D eigenvalue weighted by atomic mass is 10.0. The van der Waals surface area contributed by atoms with E-state index in [-0.39, 0.29) is 0 Å². The van der Waals surface area contributed by atoms with Gasteiger partial charge in [0.05, 0.1) is 29.8 Å². The molecule has 4 aromatic heterocycles. The quantitative estimate of drug-likeness (QED) is 0.0889. The van der Waals surface area contributed by atoms with Crippen molar-refractivity contribution >= 4 is 45.4 Å². The lowest BCUT2D eigenvalue weighted by molar-refractivity contribution is 0.233. The third-order valence-corrected chi connectivity index (χ3v) is 12.2. The molecule has 0 saturated carbocycles. The van der Waals surface area contributed by atoms with Gasteiger partial charge < -0.3 is 9.47 Å². The van der Waals surface area contributed by atoms with Crippen LogP contribution >= 0.6 is 34.4 Å². The van der Waals surface area contributed by atoms with Crippen LogP contribution in [0.3, 0.4) is 0 Å². The molecule has 6 rings (SSSR count). The van der Waals surface area contributed by atoms with E-state index < -0.39 is 0 Å². The molecule has 0 radical (unpaired) electrons. The molecule has 0 N–H and O–H groups in total. The molecule has 0 saturated heterocycles. The van der Waals surface area contributed by atoms with Gasteiger partial charge in [0.2, 0.25) is 0 Å².